The molecular weight excluding hydrogens is 166 g/mol. The summed E-state index contributed by atoms with van der Waals surface area (Å²) in [6.07, 6.45) is 2.02. The van der Waals surface area contributed by atoms with E-state index in [2.05, 4.69) is 20.8 Å². The van der Waals surface area contributed by atoms with Gasteiger partial charge in [0.25, 0.3) is 0 Å². The first kappa shape index (κ1) is 14.2. The van der Waals surface area contributed by atoms with Crippen molar-refractivity contribution in [3.8, 4) is 0 Å². The van der Waals surface area contributed by atoms with Crippen molar-refractivity contribution < 1.29 is 3.96 Å². The lowest BCUT2D eigenvalue weighted by Crippen LogP contribution is -2.18. The molecule has 0 bridgehead atoms. The third-order valence-corrected chi connectivity index (χ3v) is 1.33. The van der Waals surface area contributed by atoms with Gasteiger partial charge >= 0.3 is 0 Å². The number of hydrogen-bond donors (Lipinski definition) is 0. The summed E-state index contributed by atoms with van der Waals surface area (Å²) >= 11 is 1.69. The van der Waals surface area contributed by atoms with Gasteiger partial charge in [-0.25, -0.2) is 0 Å². The first-order valence-electron chi connectivity index (χ1n) is 4.52. The summed E-state index contributed by atoms with van der Waals surface area (Å²) in [5.41, 5.74) is 0. The summed E-state index contributed by atoms with van der Waals surface area (Å²) in [6.45, 7) is 10.5. The van der Waals surface area contributed by atoms with E-state index in [0.717, 1.165) is 5.92 Å². The highest BCUT2D eigenvalue weighted by atomic mass is 32.1. The Morgan fingerprint density at radius 2 is 1.58 bits per heavy atom. The maximum Gasteiger partial charge on any atom is 0.183 e. The van der Waals surface area contributed by atoms with Crippen LogP contribution in [-0.2, 0) is 7.05 Å². The van der Waals surface area contributed by atoms with E-state index in [-0.39, 0.29) is 0 Å². The normalized spacial score (nSPS) is 7.92. The van der Waals surface area contributed by atoms with Crippen molar-refractivity contribution in [2.75, 3.05) is 0 Å². The molecule has 0 N–H and O–H groups in total. The van der Waals surface area contributed by atoms with Crippen LogP contribution in [0.25, 0.3) is 0 Å². The van der Waals surface area contributed by atoms with Crippen LogP contribution in [0, 0.1) is 5.92 Å². The third-order valence-electron chi connectivity index (χ3n) is 0.602. The van der Waals surface area contributed by atoms with Crippen molar-refractivity contribution >= 4 is 11.5 Å². The molecule has 0 fully saturated rings. The quantitative estimate of drug-likeness (QED) is 0.550. The Kier molecular flexibility index (Phi) is 12.6. The van der Waals surface area contributed by atoms with Crippen LogP contribution in [0.2, 0.25) is 0 Å². The molecule has 0 aliphatic carbocycles. The zero-order valence-electron chi connectivity index (χ0n) is 9.16. The number of nitrogens with zero attached hydrogens (tertiary/aromatic N) is 1. The lowest BCUT2D eigenvalue weighted by Gasteiger charge is -1.79. The summed E-state index contributed by atoms with van der Waals surface area (Å²) in [4.78, 5) is 0. The lowest BCUT2D eigenvalue weighted by molar-refractivity contribution is -0.600. The number of aromatic nitrogens is 1. The van der Waals surface area contributed by atoms with Crippen LogP contribution in [0.1, 0.15) is 34.6 Å². The molecule has 0 radical (unpaired) electrons. The fraction of sp³-hybridized carbons (Fsp3) is 0.700. The highest BCUT2D eigenvalue weighted by Crippen LogP contribution is 1.81. The van der Waals surface area contributed by atoms with Crippen LogP contribution in [0.5, 0.6) is 0 Å². The molecule has 0 amide bonds. The van der Waals surface area contributed by atoms with Gasteiger partial charge in [0.1, 0.15) is 11.5 Å². The Hall–Kier alpha value is -0.370. The maximum absolute atomic E-state index is 2.17. The van der Waals surface area contributed by atoms with E-state index in [9.17, 15) is 0 Å². The standard InChI is InChI=1S/C4H6NS.C4H10.C2H6/c1-5-3-2-4-6-5;1-4(2)3;1-2/h2-4H,1H3;4H,1-3H3;1-2H3/q+1;;. The molecule has 12 heavy (non-hydrogen) atoms. The second-order valence-corrected chi connectivity index (χ2v) is 3.92. The second-order valence-electron chi connectivity index (χ2n) is 2.86. The Labute approximate surface area is 81.2 Å². The fourth-order valence-corrected chi connectivity index (χ4v) is 0.796. The molecule has 0 saturated carbocycles. The van der Waals surface area contributed by atoms with Crippen LogP contribution < -0.4 is 3.96 Å². The molecule has 0 aliphatic rings. The summed E-state index contributed by atoms with van der Waals surface area (Å²) in [6, 6.07) is 2.02. The van der Waals surface area contributed by atoms with E-state index in [4.69, 9.17) is 0 Å². The highest BCUT2D eigenvalue weighted by molar-refractivity contribution is 6.99. The molecule has 0 saturated heterocycles. The van der Waals surface area contributed by atoms with Gasteiger partial charge in [-0.1, -0.05) is 34.6 Å². The molecule has 0 spiro atoms. The van der Waals surface area contributed by atoms with E-state index in [0.29, 0.717) is 0 Å². The van der Waals surface area contributed by atoms with Crippen molar-refractivity contribution in [1.82, 2.24) is 0 Å². The average Bonchev–Trinajstić information content (AvgIpc) is 2.43. The Balaban J connectivity index is 0. The molecule has 1 aromatic rings. The summed E-state index contributed by atoms with van der Waals surface area (Å²) in [5, 5.41) is 2.04. The largest absolute Gasteiger partial charge is 0.183 e. The molecular formula is C10H22NS+. The molecule has 1 aromatic heterocycles. The predicted molar refractivity (Wildman–Crippen MR) is 57.4 cm³/mol. The van der Waals surface area contributed by atoms with Gasteiger partial charge in [-0.3, -0.25) is 0 Å². The summed E-state index contributed by atoms with van der Waals surface area (Å²) < 4.78 is 2.04. The van der Waals surface area contributed by atoms with Crippen LogP contribution >= 0.6 is 11.5 Å². The number of aryl methyl sites for hydroxylation is 1. The van der Waals surface area contributed by atoms with Gasteiger partial charge in [-0.2, -0.15) is 0 Å². The Bertz CT molecular complexity index is 142. The molecule has 1 nitrogen and oxygen atoms in total. The minimum Gasteiger partial charge on any atom is -0.144 e. The van der Waals surface area contributed by atoms with Gasteiger partial charge < -0.3 is 0 Å². The van der Waals surface area contributed by atoms with Crippen LogP contribution in [-0.4, -0.2) is 0 Å². The van der Waals surface area contributed by atoms with Gasteiger partial charge in [-0.05, 0) is 5.92 Å². The van der Waals surface area contributed by atoms with Crippen molar-refractivity contribution in [3.05, 3.63) is 17.6 Å². The number of rotatable bonds is 0. The zero-order chi connectivity index (χ0) is 9.98. The summed E-state index contributed by atoms with van der Waals surface area (Å²) in [5.74, 6) is 0.833. The topological polar surface area (TPSA) is 3.88 Å². The van der Waals surface area contributed by atoms with E-state index < -0.39 is 0 Å². The Morgan fingerprint density at radius 1 is 1.17 bits per heavy atom. The predicted octanol–water partition coefficient (Wildman–Crippen LogP) is 3.26. The van der Waals surface area contributed by atoms with Gasteiger partial charge in [0, 0.05) is 6.07 Å². The Morgan fingerprint density at radius 3 is 1.67 bits per heavy atom. The maximum atomic E-state index is 2.17. The van der Waals surface area contributed by atoms with Crippen LogP contribution in [0.15, 0.2) is 17.6 Å². The van der Waals surface area contributed by atoms with Crippen LogP contribution in [0.3, 0.4) is 0 Å². The van der Waals surface area contributed by atoms with E-state index in [1.165, 1.54) is 0 Å². The van der Waals surface area contributed by atoms with Crippen molar-refractivity contribution in [2.45, 2.75) is 34.6 Å². The van der Waals surface area contributed by atoms with E-state index in [1.807, 2.05) is 42.5 Å². The minimum atomic E-state index is 0.833. The number of hydrogen-bond acceptors (Lipinski definition) is 1. The van der Waals surface area contributed by atoms with Gasteiger partial charge in [-0.15, -0.1) is 3.96 Å². The van der Waals surface area contributed by atoms with Gasteiger partial charge in [0.15, 0.2) is 13.2 Å². The van der Waals surface area contributed by atoms with E-state index >= 15 is 0 Å². The van der Waals surface area contributed by atoms with Crippen molar-refractivity contribution in [2.24, 2.45) is 13.0 Å². The van der Waals surface area contributed by atoms with E-state index in [1.54, 1.807) is 11.5 Å². The summed E-state index contributed by atoms with van der Waals surface area (Å²) in [7, 11) is 2.02. The second kappa shape index (κ2) is 10.6. The molecule has 0 atom stereocenters. The molecule has 0 aromatic carbocycles. The molecule has 1 heterocycles. The molecule has 0 aliphatic heterocycles. The monoisotopic (exact) mass is 188 g/mol. The zero-order valence-corrected chi connectivity index (χ0v) is 9.98. The molecule has 2 heteroatoms. The third kappa shape index (κ3) is 16.3. The smallest absolute Gasteiger partial charge is 0.144 e. The highest BCUT2D eigenvalue weighted by Gasteiger charge is 1.83. The van der Waals surface area contributed by atoms with Gasteiger partial charge in [0.05, 0.1) is 5.38 Å². The first-order chi connectivity index (χ1) is 5.63. The van der Waals surface area contributed by atoms with Crippen molar-refractivity contribution in [1.29, 1.82) is 0 Å². The van der Waals surface area contributed by atoms with Crippen molar-refractivity contribution in [3.63, 3.8) is 0 Å². The fourth-order valence-electron chi connectivity index (χ4n) is 0.323. The molecule has 0 unspecified atom stereocenters. The van der Waals surface area contributed by atoms with Crippen LogP contribution in [0.4, 0.5) is 0 Å². The molecule has 1 rings (SSSR count). The van der Waals surface area contributed by atoms with Gasteiger partial charge in [0.2, 0.25) is 0 Å². The lowest BCUT2D eigenvalue weighted by atomic mass is 10.3. The first-order valence-corrected chi connectivity index (χ1v) is 5.36. The minimum absolute atomic E-state index is 0.833. The SMILES string of the molecule is CC.CC(C)C.C[n+]1cccs1. The average molecular weight is 188 g/mol. The molecule has 72 valence electrons.